The molecule has 2 heterocycles. The van der Waals surface area contributed by atoms with Gasteiger partial charge in [-0.2, -0.15) is 0 Å². The molecule has 0 saturated carbocycles. The number of hydrogen-bond donors (Lipinski definition) is 1. The highest BCUT2D eigenvalue weighted by Gasteiger charge is 2.13. The summed E-state index contributed by atoms with van der Waals surface area (Å²) in [6.07, 6.45) is 2.63. The Kier molecular flexibility index (Phi) is 3.32. The minimum atomic E-state index is 0.814. The largest absolute Gasteiger partial charge is 0.373 e. The van der Waals surface area contributed by atoms with Gasteiger partial charge in [0.05, 0.1) is 5.69 Å². The van der Waals surface area contributed by atoms with Gasteiger partial charge in [-0.3, -0.25) is 4.57 Å². The Hall–Kier alpha value is -1.91. The van der Waals surface area contributed by atoms with Gasteiger partial charge in [-0.15, -0.1) is 0 Å². The van der Waals surface area contributed by atoms with Crippen LogP contribution in [0.4, 0.5) is 5.82 Å². The number of aryl methyl sites for hydroxylation is 2. The normalized spacial score (nSPS) is 10.7. The van der Waals surface area contributed by atoms with Crippen LogP contribution in [-0.4, -0.2) is 26.6 Å². The summed E-state index contributed by atoms with van der Waals surface area (Å²) in [7, 11) is 1.88. The standard InChI is InChI=1S/C13H19N5/c1-6-11-16-12(14-5)8(2)13(17-11)18-7-15-9(3)10(18)4/h7H,6H2,1-5H3,(H,14,16,17). The molecule has 0 spiro atoms. The summed E-state index contributed by atoms with van der Waals surface area (Å²) >= 11 is 0. The van der Waals surface area contributed by atoms with Crippen LogP contribution in [0.2, 0.25) is 0 Å². The summed E-state index contributed by atoms with van der Waals surface area (Å²) in [5, 5.41) is 3.12. The molecule has 0 aromatic carbocycles. The van der Waals surface area contributed by atoms with Crippen LogP contribution >= 0.6 is 0 Å². The number of nitrogens with zero attached hydrogens (tertiary/aromatic N) is 4. The maximum atomic E-state index is 4.62. The van der Waals surface area contributed by atoms with Crippen molar-refractivity contribution in [2.75, 3.05) is 12.4 Å². The second kappa shape index (κ2) is 4.76. The first-order valence-corrected chi connectivity index (χ1v) is 6.14. The van der Waals surface area contributed by atoms with Crippen LogP contribution in [-0.2, 0) is 6.42 Å². The molecule has 0 aliphatic carbocycles. The molecule has 96 valence electrons. The molecule has 0 saturated heterocycles. The topological polar surface area (TPSA) is 55.6 Å². The van der Waals surface area contributed by atoms with Crippen molar-refractivity contribution < 1.29 is 0 Å². The lowest BCUT2D eigenvalue weighted by molar-refractivity contribution is 0.861. The fourth-order valence-corrected chi connectivity index (χ4v) is 1.90. The Bertz CT molecular complexity index is 571. The molecule has 2 aromatic heterocycles. The number of imidazole rings is 1. The van der Waals surface area contributed by atoms with Gasteiger partial charge in [0.25, 0.3) is 0 Å². The van der Waals surface area contributed by atoms with Gasteiger partial charge >= 0.3 is 0 Å². The van der Waals surface area contributed by atoms with Gasteiger partial charge in [0, 0.05) is 24.7 Å². The fourth-order valence-electron chi connectivity index (χ4n) is 1.90. The van der Waals surface area contributed by atoms with E-state index in [0.717, 1.165) is 40.8 Å². The smallest absolute Gasteiger partial charge is 0.146 e. The Morgan fingerprint density at radius 3 is 2.44 bits per heavy atom. The molecule has 5 nitrogen and oxygen atoms in total. The first-order valence-electron chi connectivity index (χ1n) is 6.14. The first kappa shape index (κ1) is 12.5. The van der Waals surface area contributed by atoms with Crippen molar-refractivity contribution in [3.05, 3.63) is 29.1 Å². The summed E-state index contributed by atoms with van der Waals surface area (Å²) in [6, 6.07) is 0. The molecule has 0 unspecified atom stereocenters. The highest BCUT2D eigenvalue weighted by atomic mass is 15.2. The predicted octanol–water partition coefficient (Wildman–Crippen LogP) is 2.19. The first-order chi connectivity index (χ1) is 8.58. The van der Waals surface area contributed by atoms with Crippen molar-refractivity contribution in [2.45, 2.75) is 34.1 Å². The average Bonchev–Trinajstić information content (AvgIpc) is 2.70. The lowest BCUT2D eigenvalue weighted by atomic mass is 10.2. The third kappa shape index (κ3) is 1.96. The molecule has 0 fully saturated rings. The summed E-state index contributed by atoms with van der Waals surface area (Å²) < 4.78 is 2.02. The second-order valence-corrected chi connectivity index (χ2v) is 4.33. The second-order valence-electron chi connectivity index (χ2n) is 4.33. The fraction of sp³-hybridized carbons (Fsp3) is 0.462. The van der Waals surface area contributed by atoms with E-state index in [4.69, 9.17) is 0 Å². The van der Waals surface area contributed by atoms with Crippen LogP contribution in [0, 0.1) is 20.8 Å². The molecule has 0 amide bonds. The highest BCUT2D eigenvalue weighted by Crippen LogP contribution is 2.21. The van der Waals surface area contributed by atoms with Crippen LogP contribution in [0.1, 0.15) is 29.7 Å². The van der Waals surface area contributed by atoms with Crippen LogP contribution in [0.5, 0.6) is 0 Å². The minimum absolute atomic E-state index is 0.814. The predicted molar refractivity (Wildman–Crippen MR) is 72.3 cm³/mol. The Labute approximate surface area is 107 Å². The maximum absolute atomic E-state index is 4.62. The summed E-state index contributed by atoms with van der Waals surface area (Å²) in [5.41, 5.74) is 3.17. The van der Waals surface area contributed by atoms with E-state index in [-0.39, 0.29) is 0 Å². The zero-order valence-electron chi connectivity index (χ0n) is 11.6. The number of hydrogen-bond acceptors (Lipinski definition) is 4. The third-order valence-corrected chi connectivity index (χ3v) is 3.20. The SMILES string of the molecule is CCc1nc(NC)c(C)c(-n2cnc(C)c2C)n1. The van der Waals surface area contributed by atoms with Gasteiger partial charge < -0.3 is 5.32 Å². The summed E-state index contributed by atoms with van der Waals surface area (Å²) in [6.45, 7) is 8.13. The number of anilines is 1. The van der Waals surface area contributed by atoms with Crippen molar-refractivity contribution in [3.8, 4) is 5.82 Å². The van der Waals surface area contributed by atoms with Crippen molar-refractivity contribution in [2.24, 2.45) is 0 Å². The molecular weight excluding hydrogens is 226 g/mol. The van der Waals surface area contributed by atoms with E-state index >= 15 is 0 Å². The van der Waals surface area contributed by atoms with Crippen LogP contribution < -0.4 is 5.32 Å². The monoisotopic (exact) mass is 245 g/mol. The molecule has 0 radical (unpaired) electrons. The zero-order valence-corrected chi connectivity index (χ0v) is 11.6. The van der Waals surface area contributed by atoms with E-state index in [2.05, 4.69) is 34.1 Å². The zero-order chi connectivity index (χ0) is 13.3. The van der Waals surface area contributed by atoms with E-state index in [1.54, 1.807) is 0 Å². The molecule has 2 aromatic rings. The summed E-state index contributed by atoms with van der Waals surface area (Å²) in [4.78, 5) is 13.4. The molecule has 0 aliphatic heterocycles. The van der Waals surface area contributed by atoms with E-state index in [1.807, 2.05) is 31.8 Å². The van der Waals surface area contributed by atoms with Gasteiger partial charge in [0.1, 0.15) is 23.8 Å². The molecule has 5 heteroatoms. The van der Waals surface area contributed by atoms with Crippen LogP contribution in [0.15, 0.2) is 6.33 Å². The van der Waals surface area contributed by atoms with Crippen LogP contribution in [0.3, 0.4) is 0 Å². The van der Waals surface area contributed by atoms with Gasteiger partial charge in [-0.05, 0) is 20.8 Å². The Morgan fingerprint density at radius 1 is 1.22 bits per heavy atom. The van der Waals surface area contributed by atoms with E-state index < -0.39 is 0 Å². The Morgan fingerprint density at radius 2 is 1.94 bits per heavy atom. The molecule has 18 heavy (non-hydrogen) atoms. The van der Waals surface area contributed by atoms with Crippen molar-refractivity contribution >= 4 is 5.82 Å². The average molecular weight is 245 g/mol. The lowest BCUT2D eigenvalue weighted by Crippen LogP contribution is -2.09. The van der Waals surface area contributed by atoms with Crippen LogP contribution in [0.25, 0.3) is 5.82 Å². The molecule has 0 bridgehead atoms. The Balaban J connectivity index is 2.66. The molecule has 0 atom stereocenters. The van der Waals surface area contributed by atoms with E-state index in [0.29, 0.717) is 0 Å². The van der Waals surface area contributed by atoms with Gasteiger partial charge in [0.2, 0.25) is 0 Å². The minimum Gasteiger partial charge on any atom is -0.373 e. The molecule has 1 N–H and O–H groups in total. The maximum Gasteiger partial charge on any atom is 0.146 e. The highest BCUT2D eigenvalue weighted by molar-refractivity contribution is 5.52. The van der Waals surface area contributed by atoms with Gasteiger partial charge in [0.15, 0.2) is 0 Å². The van der Waals surface area contributed by atoms with Crippen molar-refractivity contribution in [1.82, 2.24) is 19.5 Å². The van der Waals surface area contributed by atoms with E-state index in [1.165, 1.54) is 0 Å². The summed E-state index contributed by atoms with van der Waals surface area (Å²) in [5.74, 6) is 2.62. The molecular formula is C13H19N5. The van der Waals surface area contributed by atoms with Crippen molar-refractivity contribution in [1.29, 1.82) is 0 Å². The number of rotatable bonds is 3. The number of nitrogens with one attached hydrogen (secondary N) is 1. The van der Waals surface area contributed by atoms with Gasteiger partial charge in [-0.25, -0.2) is 15.0 Å². The molecule has 2 rings (SSSR count). The lowest BCUT2D eigenvalue weighted by Gasteiger charge is -2.13. The third-order valence-electron chi connectivity index (χ3n) is 3.20. The number of aromatic nitrogens is 4. The van der Waals surface area contributed by atoms with E-state index in [9.17, 15) is 0 Å². The van der Waals surface area contributed by atoms with Gasteiger partial charge in [-0.1, -0.05) is 6.92 Å². The van der Waals surface area contributed by atoms with Crippen molar-refractivity contribution in [3.63, 3.8) is 0 Å². The molecule has 0 aliphatic rings. The quantitative estimate of drug-likeness (QED) is 0.900.